The number of carbonyl (C=O) groups is 1. The first-order valence-electron chi connectivity index (χ1n) is 8.43. The van der Waals surface area contributed by atoms with Gasteiger partial charge in [0.15, 0.2) is 0 Å². The molecule has 0 aliphatic rings. The fourth-order valence-corrected chi connectivity index (χ4v) is 3.09. The van der Waals surface area contributed by atoms with E-state index in [-0.39, 0.29) is 22.4 Å². The van der Waals surface area contributed by atoms with Gasteiger partial charge in [0, 0.05) is 11.6 Å². The minimum Gasteiger partial charge on any atom is -0.411 e. The molecule has 1 aromatic heterocycles. The Morgan fingerprint density at radius 1 is 1.14 bits per heavy atom. The zero-order valence-electron chi connectivity index (χ0n) is 15.6. The lowest BCUT2D eigenvalue weighted by molar-refractivity contribution is -0.384. The molecular formula is C19H18N4O4S. The molecule has 1 N–H and O–H groups in total. The third-order valence-electron chi connectivity index (χ3n) is 4.20. The number of thioether (sulfide) groups is 1. The SMILES string of the molecule is Cc1ccc(-c2nnc(SCC(=O)Nc3c(C)cccc3[N+](=O)[O-])o2)cc1C. The maximum Gasteiger partial charge on any atom is 0.293 e. The number of benzene rings is 2. The van der Waals surface area contributed by atoms with Crippen LogP contribution in [0.3, 0.4) is 0 Å². The minimum atomic E-state index is -0.524. The van der Waals surface area contributed by atoms with Crippen LogP contribution in [0.25, 0.3) is 11.5 Å². The Balaban J connectivity index is 1.65. The number of hydrogen-bond acceptors (Lipinski definition) is 7. The van der Waals surface area contributed by atoms with Crippen molar-refractivity contribution in [2.75, 3.05) is 11.1 Å². The normalized spacial score (nSPS) is 10.7. The van der Waals surface area contributed by atoms with Crippen LogP contribution in [0.2, 0.25) is 0 Å². The lowest BCUT2D eigenvalue weighted by atomic mass is 10.1. The molecule has 9 heteroatoms. The summed E-state index contributed by atoms with van der Waals surface area (Å²) in [5, 5.41) is 21.9. The molecule has 144 valence electrons. The first kappa shape index (κ1) is 19.6. The second-order valence-electron chi connectivity index (χ2n) is 6.24. The van der Waals surface area contributed by atoms with E-state index in [1.54, 1.807) is 19.1 Å². The molecule has 0 unspecified atom stereocenters. The number of nitrogens with zero attached hydrogens (tertiary/aromatic N) is 3. The van der Waals surface area contributed by atoms with Crippen LogP contribution in [0.15, 0.2) is 46.0 Å². The monoisotopic (exact) mass is 398 g/mol. The van der Waals surface area contributed by atoms with Crippen molar-refractivity contribution in [3.63, 3.8) is 0 Å². The van der Waals surface area contributed by atoms with Gasteiger partial charge in [-0.2, -0.15) is 0 Å². The van der Waals surface area contributed by atoms with Gasteiger partial charge in [-0.05, 0) is 49.6 Å². The van der Waals surface area contributed by atoms with Crippen molar-refractivity contribution < 1.29 is 14.1 Å². The highest BCUT2D eigenvalue weighted by Gasteiger charge is 2.18. The van der Waals surface area contributed by atoms with E-state index in [0.717, 1.165) is 22.9 Å². The number of rotatable bonds is 6. The van der Waals surface area contributed by atoms with Crippen molar-refractivity contribution in [1.29, 1.82) is 0 Å². The summed E-state index contributed by atoms with van der Waals surface area (Å²) in [7, 11) is 0. The van der Waals surface area contributed by atoms with E-state index in [1.807, 2.05) is 32.0 Å². The van der Waals surface area contributed by atoms with Crippen molar-refractivity contribution in [1.82, 2.24) is 10.2 Å². The largest absolute Gasteiger partial charge is 0.411 e. The molecule has 0 aliphatic heterocycles. The Kier molecular flexibility index (Phi) is 5.74. The zero-order valence-corrected chi connectivity index (χ0v) is 16.4. The van der Waals surface area contributed by atoms with Crippen LogP contribution < -0.4 is 5.32 Å². The second kappa shape index (κ2) is 8.22. The van der Waals surface area contributed by atoms with Crippen LogP contribution in [0.4, 0.5) is 11.4 Å². The molecule has 0 atom stereocenters. The van der Waals surface area contributed by atoms with Gasteiger partial charge in [0.25, 0.3) is 10.9 Å². The number of aromatic nitrogens is 2. The quantitative estimate of drug-likeness (QED) is 0.374. The van der Waals surface area contributed by atoms with E-state index >= 15 is 0 Å². The first-order chi connectivity index (χ1) is 13.3. The number of nitrogens with one attached hydrogen (secondary N) is 1. The van der Waals surface area contributed by atoms with E-state index in [0.29, 0.717) is 11.5 Å². The van der Waals surface area contributed by atoms with Crippen molar-refractivity contribution >= 4 is 29.0 Å². The lowest BCUT2D eigenvalue weighted by Gasteiger charge is -2.08. The molecule has 0 saturated heterocycles. The number of hydrogen-bond donors (Lipinski definition) is 1. The van der Waals surface area contributed by atoms with Gasteiger partial charge in [-0.1, -0.05) is 30.0 Å². The average Bonchev–Trinajstić information content (AvgIpc) is 3.13. The van der Waals surface area contributed by atoms with Crippen molar-refractivity contribution in [2.45, 2.75) is 26.0 Å². The van der Waals surface area contributed by atoms with E-state index in [2.05, 4.69) is 15.5 Å². The molecule has 1 heterocycles. The number of amides is 1. The highest BCUT2D eigenvalue weighted by Crippen LogP contribution is 2.29. The van der Waals surface area contributed by atoms with Crippen molar-refractivity contribution in [2.24, 2.45) is 0 Å². The maximum atomic E-state index is 12.2. The third-order valence-corrected chi connectivity index (χ3v) is 5.02. The predicted octanol–water partition coefficient (Wildman–Crippen LogP) is 4.30. The molecule has 0 aliphatic carbocycles. The Morgan fingerprint density at radius 2 is 1.93 bits per heavy atom. The predicted molar refractivity (Wildman–Crippen MR) is 106 cm³/mol. The van der Waals surface area contributed by atoms with E-state index in [1.165, 1.54) is 11.6 Å². The molecule has 0 spiro atoms. The summed E-state index contributed by atoms with van der Waals surface area (Å²) in [5.74, 6) is -0.0334. The van der Waals surface area contributed by atoms with Crippen molar-refractivity contribution in [3.05, 3.63) is 63.2 Å². The highest BCUT2D eigenvalue weighted by molar-refractivity contribution is 7.99. The molecule has 8 nitrogen and oxygen atoms in total. The van der Waals surface area contributed by atoms with Crippen LogP contribution in [0, 0.1) is 30.9 Å². The number of para-hydroxylation sites is 1. The number of carbonyl (C=O) groups excluding carboxylic acids is 1. The highest BCUT2D eigenvalue weighted by atomic mass is 32.2. The number of aryl methyl sites for hydroxylation is 3. The van der Waals surface area contributed by atoms with Gasteiger partial charge in [-0.15, -0.1) is 10.2 Å². The minimum absolute atomic E-state index is 0.0138. The molecule has 0 saturated carbocycles. The molecule has 0 fully saturated rings. The standard InChI is InChI=1S/C19H18N4O4S/c1-11-7-8-14(9-13(11)3)18-21-22-19(27-18)28-10-16(24)20-17-12(2)5-4-6-15(17)23(25)26/h4-9H,10H2,1-3H3,(H,20,24). The van der Waals surface area contributed by atoms with Gasteiger partial charge in [-0.25, -0.2) is 0 Å². The summed E-state index contributed by atoms with van der Waals surface area (Å²) in [6.07, 6.45) is 0. The van der Waals surface area contributed by atoms with Gasteiger partial charge in [0.05, 0.1) is 10.7 Å². The summed E-state index contributed by atoms with van der Waals surface area (Å²) in [6, 6.07) is 10.5. The molecular weight excluding hydrogens is 380 g/mol. The summed E-state index contributed by atoms with van der Waals surface area (Å²) in [5.41, 5.74) is 3.75. The Labute approximate surface area is 165 Å². The number of anilines is 1. The van der Waals surface area contributed by atoms with Crippen LogP contribution in [0.5, 0.6) is 0 Å². The van der Waals surface area contributed by atoms with Crippen molar-refractivity contribution in [3.8, 4) is 11.5 Å². The molecule has 0 radical (unpaired) electrons. The fourth-order valence-electron chi connectivity index (χ4n) is 2.53. The van der Waals surface area contributed by atoms with Gasteiger partial charge in [0.1, 0.15) is 5.69 Å². The zero-order chi connectivity index (χ0) is 20.3. The van der Waals surface area contributed by atoms with Crippen LogP contribution in [0.1, 0.15) is 16.7 Å². The molecule has 28 heavy (non-hydrogen) atoms. The number of nitro groups is 1. The summed E-state index contributed by atoms with van der Waals surface area (Å²) in [4.78, 5) is 22.8. The molecule has 0 bridgehead atoms. The topological polar surface area (TPSA) is 111 Å². The van der Waals surface area contributed by atoms with Gasteiger partial charge < -0.3 is 9.73 Å². The van der Waals surface area contributed by atoms with Gasteiger partial charge in [-0.3, -0.25) is 14.9 Å². The number of nitro benzene ring substituents is 1. The molecule has 2 aromatic carbocycles. The Bertz CT molecular complexity index is 1050. The van der Waals surface area contributed by atoms with E-state index < -0.39 is 10.8 Å². The molecule has 1 amide bonds. The van der Waals surface area contributed by atoms with Crippen LogP contribution in [-0.2, 0) is 4.79 Å². The van der Waals surface area contributed by atoms with Gasteiger partial charge >= 0.3 is 0 Å². The summed E-state index contributed by atoms with van der Waals surface area (Å²) >= 11 is 1.07. The smallest absolute Gasteiger partial charge is 0.293 e. The second-order valence-corrected chi connectivity index (χ2v) is 7.16. The maximum absolute atomic E-state index is 12.2. The van der Waals surface area contributed by atoms with E-state index in [4.69, 9.17) is 4.42 Å². The fraction of sp³-hybridized carbons (Fsp3) is 0.211. The summed E-state index contributed by atoms with van der Waals surface area (Å²) in [6.45, 7) is 5.72. The third kappa shape index (κ3) is 4.37. The van der Waals surface area contributed by atoms with Crippen LogP contribution in [-0.4, -0.2) is 26.8 Å². The molecule has 3 aromatic rings. The van der Waals surface area contributed by atoms with Gasteiger partial charge in [0.2, 0.25) is 11.8 Å². The summed E-state index contributed by atoms with van der Waals surface area (Å²) < 4.78 is 5.60. The van der Waals surface area contributed by atoms with Crippen LogP contribution >= 0.6 is 11.8 Å². The lowest BCUT2D eigenvalue weighted by Crippen LogP contribution is -2.16. The first-order valence-corrected chi connectivity index (χ1v) is 9.41. The van der Waals surface area contributed by atoms with E-state index in [9.17, 15) is 14.9 Å². The Morgan fingerprint density at radius 3 is 2.64 bits per heavy atom. The Hall–Kier alpha value is -3.20. The average molecular weight is 398 g/mol. The molecule has 3 rings (SSSR count).